The summed E-state index contributed by atoms with van der Waals surface area (Å²) in [5.74, 6) is 0. The van der Waals surface area contributed by atoms with E-state index in [2.05, 4.69) is 17.6 Å². The van der Waals surface area contributed by atoms with Crippen LogP contribution >= 0.6 is 0 Å². The molecule has 0 bridgehead atoms. The Balaban J connectivity index is 2.91. The Morgan fingerprint density at radius 2 is 1.00 bits per heavy atom. The third-order valence-corrected chi connectivity index (χ3v) is 2.65. The van der Waals surface area contributed by atoms with Gasteiger partial charge in [-0.1, -0.05) is 6.92 Å². The summed E-state index contributed by atoms with van der Waals surface area (Å²) in [6.45, 7) is 10.6. The second-order valence-electron chi connectivity index (χ2n) is 4.67. The normalized spacial score (nSPS) is 11.2. The fourth-order valence-corrected chi connectivity index (χ4v) is 1.55. The summed E-state index contributed by atoms with van der Waals surface area (Å²) in [4.78, 5) is 0. The van der Waals surface area contributed by atoms with E-state index >= 15 is 0 Å². The number of rotatable bonds is 19. The molecule has 0 rings (SSSR count). The molecule has 0 aliphatic heterocycles. The lowest BCUT2D eigenvalue weighted by atomic mass is 10.5. The summed E-state index contributed by atoms with van der Waals surface area (Å²) in [7, 11) is 0. The molecule has 0 aliphatic rings. The fourth-order valence-electron chi connectivity index (χ4n) is 1.55. The van der Waals surface area contributed by atoms with Crippen LogP contribution in [0.1, 0.15) is 13.3 Å². The van der Waals surface area contributed by atoms with E-state index in [9.17, 15) is 0 Å². The van der Waals surface area contributed by atoms with Gasteiger partial charge in [-0.25, -0.2) is 0 Å². The van der Waals surface area contributed by atoms with Gasteiger partial charge in [0, 0.05) is 32.8 Å². The largest absolute Gasteiger partial charge is 0.395 e. The molecule has 3 N–H and O–H groups in total. The molecule has 0 saturated heterocycles. The predicted molar refractivity (Wildman–Crippen MR) is 86.4 cm³/mol. The second kappa shape index (κ2) is 20.7. The molecule has 134 valence electrons. The molecule has 0 heterocycles. The molecule has 0 aromatic heterocycles. The van der Waals surface area contributed by atoms with Crippen LogP contribution in [0.2, 0.25) is 0 Å². The van der Waals surface area contributed by atoms with Gasteiger partial charge in [0.15, 0.2) is 0 Å². The Labute approximate surface area is 134 Å². The summed E-state index contributed by atoms with van der Waals surface area (Å²) in [5.41, 5.74) is 0. The third-order valence-electron chi connectivity index (χ3n) is 2.65. The Bertz CT molecular complexity index is 179. The molecule has 0 spiro atoms. The maximum atomic E-state index is 8.56. The SMILES string of the molecule is CCCOCCNCCOCCOCCOCCNCCO. The lowest BCUT2D eigenvalue weighted by Gasteiger charge is -2.08. The van der Waals surface area contributed by atoms with Gasteiger partial charge >= 0.3 is 0 Å². The quantitative estimate of drug-likeness (QED) is 0.280. The van der Waals surface area contributed by atoms with Crippen LogP contribution in [-0.4, -0.2) is 90.7 Å². The summed E-state index contributed by atoms with van der Waals surface area (Å²) in [6.07, 6.45) is 1.06. The first-order valence-corrected chi connectivity index (χ1v) is 8.25. The molecule has 0 aromatic carbocycles. The van der Waals surface area contributed by atoms with E-state index in [0.717, 1.165) is 39.3 Å². The molecule has 0 unspecified atom stereocenters. The molecule has 0 aromatic rings. The van der Waals surface area contributed by atoms with Crippen LogP contribution in [0.4, 0.5) is 0 Å². The minimum absolute atomic E-state index is 0.158. The van der Waals surface area contributed by atoms with Gasteiger partial charge in [0.2, 0.25) is 0 Å². The van der Waals surface area contributed by atoms with Gasteiger partial charge in [0.05, 0.1) is 52.9 Å². The lowest BCUT2D eigenvalue weighted by molar-refractivity contribution is 0.0154. The van der Waals surface area contributed by atoms with Crippen molar-refractivity contribution in [1.82, 2.24) is 10.6 Å². The van der Waals surface area contributed by atoms with Gasteiger partial charge in [-0.2, -0.15) is 0 Å². The third kappa shape index (κ3) is 19.7. The van der Waals surface area contributed by atoms with Crippen LogP contribution in [-0.2, 0) is 18.9 Å². The van der Waals surface area contributed by atoms with Gasteiger partial charge in [0.25, 0.3) is 0 Å². The van der Waals surface area contributed by atoms with Gasteiger partial charge in [-0.05, 0) is 6.42 Å². The molecule has 0 radical (unpaired) electrons. The highest BCUT2D eigenvalue weighted by molar-refractivity contribution is 4.45. The first kappa shape index (κ1) is 21.7. The van der Waals surface area contributed by atoms with E-state index < -0.39 is 0 Å². The van der Waals surface area contributed by atoms with E-state index in [0.29, 0.717) is 46.2 Å². The number of nitrogens with one attached hydrogen (secondary N) is 2. The van der Waals surface area contributed by atoms with Crippen molar-refractivity contribution in [2.75, 3.05) is 85.6 Å². The van der Waals surface area contributed by atoms with Crippen molar-refractivity contribution in [2.45, 2.75) is 13.3 Å². The van der Waals surface area contributed by atoms with Crippen LogP contribution < -0.4 is 10.6 Å². The zero-order valence-electron chi connectivity index (χ0n) is 14.0. The summed E-state index contributed by atoms with van der Waals surface area (Å²) < 4.78 is 21.5. The molecule has 7 heteroatoms. The van der Waals surface area contributed by atoms with Crippen molar-refractivity contribution in [1.29, 1.82) is 0 Å². The minimum atomic E-state index is 0.158. The molecule has 0 aliphatic carbocycles. The summed E-state index contributed by atoms with van der Waals surface area (Å²) in [6, 6.07) is 0. The van der Waals surface area contributed by atoms with Crippen LogP contribution in [0.3, 0.4) is 0 Å². The van der Waals surface area contributed by atoms with Crippen LogP contribution in [0.15, 0.2) is 0 Å². The van der Waals surface area contributed by atoms with Crippen molar-refractivity contribution in [3.05, 3.63) is 0 Å². The van der Waals surface area contributed by atoms with Gasteiger partial charge < -0.3 is 34.7 Å². The second-order valence-corrected chi connectivity index (χ2v) is 4.67. The summed E-state index contributed by atoms with van der Waals surface area (Å²) in [5, 5.41) is 14.8. The highest BCUT2D eigenvalue weighted by Crippen LogP contribution is 1.81. The zero-order chi connectivity index (χ0) is 16.1. The molecule has 0 saturated carbocycles. The van der Waals surface area contributed by atoms with Crippen molar-refractivity contribution in [3.63, 3.8) is 0 Å². The van der Waals surface area contributed by atoms with Gasteiger partial charge in [-0.3, -0.25) is 0 Å². The van der Waals surface area contributed by atoms with E-state index in [4.69, 9.17) is 24.1 Å². The minimum Gasteiger partial charge on any atom is -0.395 e. The molecule has 22 heavy (non-hydrogen) atoms. The molecule has 0 amide bonds. The van der Waals surface area contributed by atoms with Gasteiger partial charge in [0.1, 0.15) is 0 Å². The molecular formula is C15H34N2O5. The number of aliphatic hydroxyl groups is 1. The standard InChI is InChI=1S/C15H34N2O5/c1-2-8-19-9-5-17-6-11-21-13-15-22-14-12-20-10-4-16-3-7-18/h16-18H,2-15H2,1H3. The molecule has 0 fully saturated rings. The Morgan fingerprint density at radius 3 is 1.45 bits per heavy atom. The zero-order valence-corrected chi connectivity index (χ0v) is 14.0. The van der Waals surface area contributed by atoms with E-state index in [-0.39, 0.29) is 6.61 Å². The van der Waals surface area contributed by atoms with Crippen molar-refractivity contribution >= 4 is 0 Å². The number of hydrogen-bond donors (Lipinski definition) is 3. The number of aliphatic hydroxyl groups excluding tert-OH is 1. The average Bonchev–Trinajstić information content (AvgIpc) is 2.54. The number of ether oxygens (including phenoxy) is 4. The smallest absolute Gasteiger partial charge is 0.0701 e. The van der Waals surface area contributed by atoms with E-state index in [1.54, 1.807) is 0 Å². The highest BCUT2D eigenvalue weighted by Gasteiger charge is 1.93. The predicted octanol–water partition coefficient (Wildman–Crippen LogP) is -0.366. The maximum Gasteiger partial charge on any atom is 0.0701 e. The first-order chi connectivity index (χ1) is 10.9. The Kier molecular flexibility index (Phi) is 20.5. The van der Waals surface area contributed by atoms with Crippen LogP contribution in [0, 0.1) is 0 Å². The van der Waals surface area contributed by atoms with Crippen molar-refractivity contribution < 1.29 is 24.1 Å². The van der Waals surface area contributed by atoms with Crippen molar-refractivity contribution in [3.8, 4) is 0 Å². The lowest BCUT2D eigenvalue weighted by Crippen LogP contribution is -2.25. The first-order valence-electron chi connectivity index (χ1n) is 8.25. The maximum absolute atomic E-state index is 8.56. The van der Waals surface area contributed by atoms with Crippen LogP contribution in [0.25, 0.3) is 0 Å². The topological polar surface area (TPSA) is 81.2 Å². The van der Waals surface area contributed by atoms with E-state index in [1.807, 2.05) is 0 Å². The van der Waals surface area contributed by atoms with E-state index in [1.165, 1.54) is 0 Å². The Hall–Kier alpha value is -0.280. The Morgan fingerprint density at radius 1 is 0.591 bits per heavy atom. The van der Waals surface area contributed by atoms with Crippen molar-refractivity contribution in [2.24, 2.45) is 0 Å². The fraction of sp³-hybridized carbons (Fsp3) is 1.00. The molecular weight excluding hydrogens is 288 g/mol. The van der Waals surface area contributed by atoms with Crippen LogP contribution in [0.5, 0.6) is 0 Å². The number of hydrogen-bond acceptors (Lipinski definition) is 7. The van der Waals surface area contributed by atoms with Gasteiger partial charge in [-0.15, -0.1) is 0 Å². The average molecular weight is 322 g/mol. The monoisotopic (exact) mass is 322 g/mol. The molecule has 0 atom stereocenters. The molecule has 7 nitrogen and oxygen atoms in total. The summed E-state index contributed by atoms with van der Waals surface area (Å²) >= 11 is 0. The highest BCUT2D eigenvalue weighted by atomic mass is 16.5.